The van der Waals surface area contributed by atoms with Crippen molar-refractivity contribution in [2.45, 2.75) is 13.8 Å². The maximum absolute atomic E-state index is 11.0. The standard InChI is InChI=1S/C18H17N3OS/c1-12-5-3-4-6-16(12)20-18-21-17(11-23-18)14-7-9-15(10-8-14)19-13(2)22/h3-11H,1-2H3,(H,19,22)(H,20,21). The number of nitrogens with one attached hydrogen (secondary N) is 2. The third kappa shape index (κ3) is 3.76. The van der Waals surface area contributed by atoms with Crippen LogP contribution in [0.25, 0.3) is 11.3 Å². The molecular weight excluding hydrogens is 306 g/mol. The van der Waals surface area contributed by atoms with Gasteiger partial charge in [-0.25, -0.2) is 4.98 Å². The minimum atomic E-state index is -0.0730. The van der Waals surface area contributed by atoms with Crippen molar-refractivity contribution in [2.75, 3.05) is 10.6 Å². The highest BCUT2D eigenvalue weighted by molar-refractivity contribution is 7.14. The quantitative estimate of drug-likeness (QED) is 0.723. The first-order chi connectivity index (χ1) is 11.1. The van der Waals surface area contributed by atoms with Crippen molar-refractivity contribution >= 4 is 33.8 Å². The predicted octanol–water partition coefficient (Wildman–Crippen LogP) is 4.82. The van der Waals surface area contributed by atoms with Crippen molar-refractivity contribution in [3.63, 3.8) is 0 Å². The Bertz CT molecular complexity index is 824. The minimum absolute atomic E-state index is 0.0730. The highest BCUT2D eigenvalue weighted by Crippen LogP contribution is 2.28. The fourth-order valence-electron chi connectivity index (χ4n) is 2.22. The Hall–Kier alpha value is -2.66. The second-order valence-corrected chi connectivity index (χ2v) is 6.09. The van der Waals surface area contributed by atoms with Crippen LogP contribution in [-0.4, -0.2) is 10.9 Å². The maximum atomic E-state index is 11.0. The summed E-state index contributed by atoms with van der Waals surface area (Å²) in [6.45, 7) is 3.56. The molecule has 0 aliphatic carbocycles. The highest BCUT2D eigenvalue weighted by atomic mass is 32.1. The van der Waals surface area contributed by atoms with Crippen LogP contribution >= 0.6 is 11.3 Å². The van der Waals surface area contributed by atoms with Crippen LogP contribution in [0.15, 0.2) is 53.9 Å². The first-order valence-corrected chi connectivity index (χ1v) is 8.16. The van der Waals surface area contributed by atoms with Crippen LogP contribution in [0.2, 0.25) is 0 Å². The van der Waals surface area contributed by atoms with Gasteiger partial charge in [0.15, 0.2) is 5.13 Å². The number of carbonyl (C=O) groups excluding carboxylic acids is 1. The van der Waals surface area contributed by atoms with E-state index < -0.39 is 0 Å². The third-order valence-corrected chi connectivity index (χ3v) is 4.15. The fraction of sp³-hybridized carbons (Fsp3) is 0.111. The van der Waals surface area contributed by atoms with E-state index in [1.165, 1.54) is 12.5 Å². The molecule has 0 unspecified atom stereocenters. The number of hydrogen-bond acceptors (Lipinski definition) is 4. The molecular formula is C18H17N3OS. The van der Waals surface area contributed by atoms with E-state index in [0.29, 0.717) is 0 Å². The van der Waals surface area contributed by atoms with Crippen LogP contribution in [0.4, 0.5) is 16.5 Å². The summed E-state index contributed by atoms with van der Waals surface area (Å²) < 4.78 is 0. The molecule has 1 aromatic heterocycles. The van der Waals surface area contributed by atoms with Crippen LogP contribution in [0.1, 0.15) is 12.5 Å². The first kappa shape index (κ1) is 15.2. The van der Waals surface area contributed by atoms with E-state index in [2.05, 4.69) is 28.6 Å². The summed E-state index contributed by atoms with van der Waals surface area (Å²) >= 11 is 1.57. The lowest BCUT2D eigenvalue weighted by Gasteiger charge is -2.05. The first-order valence-electron chi connectivity index (χ1n) is 7.28. The Labute approximate surface area is 139 Å². The Morgan fingerprint density at radius 3 is 2.52 bits per heavy atom. The molecule has 2 N–H and O–H groups in total. The molecule has 116 valence electrons. The summed E-state index contributed by atoms with van der Waals surface area (Å²) in [6.07, 6.45) is 0. The number of nitrogens with zero attached hydrogens (tertiary/aromatic N) is 1. The molecule has 5 heteroatoms. The van der Waals surface area contributed by atoms with Gasteiger partial charge in [0.05, 0.1) is 5.69 Å². The summed E-state index contributed by atoms with van der Waals surface area (Å²) in [5.74, 6) is -0.0730. The number of aromatic nitrogens is 1. The Morgan fingerprint density at radius 2 is 1.83 bits per heavy atom. The van der Waals surface area contributed by atoms with Crippen LogP contribution in [-0.2, 0) is 4.79 Å². The zero-order chi connectivity index (χ0) is 16.2. The molecule has 0 saturated carbocycles. The molecule has 0 aliphatic heterocycles. The largest absolute Gasteiger partial charge is 0.331 e. The van der Waals surface area contributed by atoms with Gasteiger partial charge in [-0.1, -0.05) is 30.3 Å². The number of thiazole rings is 1. The molecule has 0 fully saturated rings. The van der Waals surface area contributed by atoms with Gasteiger partial charge in [-0.05, 0) is 30.7 Å². The fourth-order valence-corrected chi connectivity index (χ4v) is 2.95. The Kier molecular flexibility index (Phi) is 4.39. The molecule has 3 rings (SSSR count). The van der Waals surface area contributed by atoms with Crippen molar-refractivity contribution in [2.24, 2.45) is 0 Å². The lowest BCUT2D eigenvalue weighted by Crippen LogP contribution is -2.05. The van der Waals surface area contributed by atoms with Gasteiger partial charge in [-0.15, -0.1) is 11.3 Å². The molecule has 0 atom stereocenters. The van der Waals surface area contributed by atoms with Crippen LogP contribution in [0, 0.1) is 6.92 Å². The Morgan fingerprint density at radius 1 is 1.09 bits per heavy atom. The highest BCUT2D eigenvalue weighted by Gasteiger charge is 2.06. The number of rotatable bonds is 4. The summed E-state index contributed by atoms with van der Waals surface area (Å²) in [6, 6.07) is 15.8. The van der Waals surface area contributed by atoms with E-state index in [1.54, 1.807) is 11.3 Å². The van der Waals surface area contributed by atoms with E-state index in [1.807, 2.05) is 47.8 Å². The van der Waals surface area contributed by atoms with Gasteiger partial charge in [-0.2, -0.15) is 0 Å². The third-order valence-electron chi connectivity index (χ3n) is 3.39. The number of carbonyl (C=O) groups is 1. The SMILES string of the molecule is CC(=O)Nc1ccc(-c2csc(Nc3ccccc3C)n2)cc1. The average molecular weight is 323 g/mol. The lowest BCUT2D eigenvalue weighted by atomic mass is 10.1. The molecule has 2 aromatic carbocycles. The topological polar surface area (TPSA) is 54.0 Å². The van der Waals surface area contributed by atoms with Gasteiger partial charge >= 0.3 is 0 Å². The van der Waals surface area contributed by atoms with Crippen molar-refractivity contribution in [3.05, 3.63) is 59.5 Å². The van der Waals surface area contributed by atoms with Crippen LogP contribution < -0.4 is 10.6 Å². The van der Waals surface area contributed by atoms with Gasteiger partial charge in [0.1, 0.15) is 0 Å². The molecule has 4 nitrogen and oxygen atoms in total. The monoisotopic (exact) mass is 323 g/mol. The van der Waals surface area contributed by atoms with Gasteiger partial charge in [0, 0.05) is 29.2 Å². The Balaban J connectivity index is 1.76. The number of amides is 1. The number of para-hydroxylation sites is 1. The van der Waals surface area contributed by atoms with E-state index in [-0.39, 0.29) is 5.91 Å². The van der Waals surface area contributed by atoms with Crippen molar-refractivity contribution < 1.29 is 4.79 Å². The molecule has 0 aliphatic rings. The van der Waals surface area contributed by atoms with Gasteiger partial charge in [-0.3, -0.25) is 4.79 Å². The molecule has 23 heavy (non-hydrogen) atoms. The predicted molar refractivity (Wildman–Crippen MR) is 96.3 cm³/mol. The van der Waals surface area contributed by atoms with Gasteiger partial charge in [0.2, 0.25) is 5.91 Å². The zero-order valence-electron chi connectivity index (χ0n) is 13.0. The van der Waals surface area contributed by atoms with Crippen LogP contribution in [0.3, 0.4) is 0 Å². The molecule has 0 bridgehead atoms. The van der Waals surface area contributed by atoms with Crippen LogP contribution in [0.5, 0.6) is 0 Å². The second-order valence-electron chi connectivity index (χ2n) is 5.24. The molecule has 3 aromatic rings. The number of benzene rings is 2. The summed E-state index contributed by atoms with van der Waals surface area (Å²) in [7, 11) is 0. The lowest BCUT2D eigenvalue weighted by molar-refractivity contribution is -0.114. The average Bonchev–Trinajstić information content (AvgIpc) is 2.98. The number of hydrogen-bond donors (Lipinski definition) is 2. The van der Waals surface area contributed by atoms with Crippen molar-refractivity contribution in [1.29, 1.82) is 0 Å². The van der Waals surface area contributed by atoms with E-state index in [9.17, 15) is 4.79 Å². The molecule has 0 spiro atoms. The van der Waals surface area contributed by atoms with E-state index >= 15 is 0 Å². The van der Waals surface area contributed by atoms with Crippen molar-refractivity contribution in [3.8, 4) is 11.3 Å². The van der Waals surface area contributed by atoms with E-state index in [4.69, 9.17) is 0 Å². The maximum Gasteiger partial charge on any atom is 0.221 e. The second kappa shape index (κ2) is 6.62. The van der Waals surface area contributed by atoms with Gasteiger partial charge in [0.25, 0.3) is 0 Å². The number of anilines is 3. The van der Waals surface area contributed by atoms with Crippen molar-refractivity contribution in [1.82, 2.24) is 4.98 Å². The number of aryl methyl sites for hydroxylation is 1. The molecule has 0 saturated heterocycles. The summed E-state index contributed by atoms with van der Waals surface area (Å²) in [5, 5.41) is 8.99. The summed E-state index contributed by atoms with van der Waals surface area (Å²) in [4.78, 5) is 15.7. The summed E-state index contributed by atoms with van der Waals surface area (Å²) in [5.41, 5.74) is 4.97. The van der Waals surface area contributed by atoms with Gasteiger partial charge < -0.3 is 10.6 Å². The van der Waals surface area contributed by atoms with E-state index in [0.717, 1.165) is 27.8 Å². The molecule has 1 heterocycles. The minimum Gasteiger partial charge on any atom is -0.331 e. The molecule has 1 amide bonds. The molecule has 0 radical (unpaired) electrons. The smallest absolute Gasteiger partial charge is 0.221 e. The zero-order valence-corrected chi connectivity index (χ0v) is 13.8. The normalized spacial score (nSPS) is 10.3.